The van der Waals surface area contributed by atoms with Crippen molar-refractivity contribution in [2.24, 2.45) is 10.8 Å². The van der Waals surface area contributed by atoms with E-state index in [-0.39, 0.29) is 51.0 Å². The van der Waals surface area contributed by atoms with E-state index < -0.39 is 0 Å². The van der Waals surface area contributed by atoms with Crippen molar-refractivity contribution < 1.29 is 51.0 Å². The van der Waals surface area contributed by atoms with E-state index in [2.05, 4.69) is 81.4 Å². The molecule has 0 nitrogen and oxygen atoms in total. The summed E-state index contributed by atoms with van der Waals surface area (Å²) < 4.78 is 0. The fourth-order valence-corrected chi connectivity index (χ4v) is 3.94. The van der Waals surface area contributed by atoms with Crippen LogP contribution >= 0.6 is 0 Å². The quantitative estimate of drug-likeness (QED) is 0.476. The minimum Gasteiger partial charge on any atom is -1.00 e. The summed E-state index contributed by atoms with van der Waals surface area (Å²) in [7, 11) is 0. The van der Waals surface area contributed by atoms with Crippen LogP contribution in [0.5, 0.6) is 0 Å². The van der Waals surface area contributed by atoms with E-state index >= 15 is 0 Å². The molecule has 0 aliphatic heterocycles. The zero-order chi connectivity index (χ0) is 20.1. The monoisotopic (exact) mass is 514 g/mol. The van der Waals surface area contributed by atoms with Gasteiger partial charge in [0.05, 0.1) is 0 Å². The van der Waals surface area contributed by atoms with Crippen molar-refractivity contribution in [1.29, 1.82) is 0 Å². The fraction of sp³-hybridized carbons (Fsp3) is 0.692. The van der Waals surface area contributed by atoms with Crippen molar-refractivity contribution in [3.63, 3.8) is 0 Å². The van der Waals surface area contributed by atoms with E-state index in [0.717, 1.165) is 12.8 Å². The van der Waals surface area contributed by atoms with E-state index in [9.17, 15) is 0 Å². The van der Waals surface area contributed by atoms with Gasteiger partial charge < -0.3 is 24.8 Å². The van der Waals surface area contributed by atoms with E-state index in [1.54, 1.807) is 0 Å². The number of hydrogen-bond acceptors (Lipinski definition) is 0. The molecule has 0 heterocycles. The van der Waals surface area contributed by atoms with Crippen molar-refractivity contribution in [1.82, 2.24) is 0 Å². The van der Waals surface area contributed by atoms with E-state index in [1.807, 2.05) is 0 Å². The Morgan fingerprint density at radius 3 is 1.00 bits per heavy atom. The van der Waals surface area contributed by atoms with Crippen LogP contribution in [0.3, 0.4) is 0 Å². The Balaban J connectivity index is -0.000000422. The summed E-state index contributed by atoms with van der Waals surface area (Å²) in [6.07, 6.45) is 14.1. The van der Waals surface area contributed by atoms with Gasteiger partial charge in [-0.3, -0.25) is 12.2 Å². The first-order chi connectivity index (χ1) is 12.1. The Bertz CT molecular complexity index is 571. The molecule has 0 aromatic rings. The van der Waals surface area contributed by atoms with Gasteiger partial charge in [0.1, 0.15) is 0 Å². The van der Waals surface area contributed by atoms with Gasteiger partial charge in [-0.05, 0) is 36.5 Å². The Hall–Kier alpha value is 0.423. The van der Waals surface area contributed by atoms with Gasteiger partial charge in [0.15, 0.2) is 0 Å². The first-order valence-corrected chi connectivity index (χ1v) is 10.7. The largest absolute Gasteiger partial charge is 4.00 e. The minimum atomic E-state index is 0. The normalized spacial score (nSPS) is 16.2. The summed E-state index contributed by atoms with van der Waals surface area (Å²) in [5, 5.41) is 0. The van der Waals surface area contributed by atoms with E-state index in [1.165, 1.54) is 59.1 Å². The minimum absolute atomic E-state index is 0. The van der Waals surface area contributed by atoms with Crippen LogP contribution in [0.25, 0.3) is 0 Å². The molecule has 0 aromatic carbocycles. The zero-order valence-electron chi connectivity index (χ0n) is 20.5. The van der Waals surface area contributed by atoms with Gasteiger partial charge >= 0.3 is 26.2 Å². The summed E-state index contributed by atoms with van der Waals surface area (Å²) in [5.74, 6) is 0. The third kappa shape index (κ3) is 7.81. The number of allylic oxidation sites excluding steroid dienone is 8. The summed E-state index contributed by atoms with van der Waals surface area (Å²) in [5.41, 5.74) is 9.68. The van der Waals surface area contributed by atoms with Crippen LogP contribution < -0.4 is 24.8 Å². The van der Waals surface area contributed by atoms with Gasteiger partial charge in [-0.2, -0.15) is 22.3 Å². The Labute approximate surface area is 214 Å². The van der Waals surface area contributed by atoms with Gasteiger partial charge in [0.25, 0.3) is 0 Å². The predicted octanol–water partition coefficient (Wildman–Crippen LogP) is 2.57. The Morgan fingerprint density at radius 2 is 0.862 bits per heavy atom. The zero-order valence-corrected chi connectivity index (χ0v) is 24.5. The van der Waals surface area contributed by atoms with Crippen molar-refractivity contribution in [2.45, 2.75) is 108 Å². The summed E-state index contributed by atoms with van der Waals surface area (Å²) in [6, 6.07) is 0. The molecule has 0 saturated heterocycles. The van der Waals surface area contributed by atoms with Crippen LogP contribution in [0, 0.1) is 23.0 Å². The third-order valence-electron chi connectivity index (χ3n) is 7.42. The summed E-state index contributed by atoms with van der Waals surface area (Å²) in [4.78, 5) is 0. The van der Waals surface area contributed by atoms with Gasteiger partial charge in [-0.1, -0.05) is 55.4 Å². The molecule has 0 atom stereocenters. The SMILES string of the molecule is CCC(C)(CC)C1=[C-]CC(C)=C1C.CCC(C)(CC)C1=[C-]CC(C)=C1C.[Cl-].[Cl-].[Zr+4]. The van der Waals surface area contributed by atoms with Gasteiger partial charge in [-0.25, -0.2) is 11.1 Å². The molecule has 0 aromatic heterocycles. The first kappa shape index (κ1) is 34.0. The van der Waals surface area contributed by atoms with Gasteiger partial charge in [-0.15, -0.1) is 26.7 Å². The fourth-order valence-electron chi connectivity index (χ4n) is 3.94. The molecule has 0 saturated carbocycles. The molecule has 164 valence electrons. The second-order valence-electron chi connectivity index (χ2n) is 8.80. The molecule has 2 aliphatic carbocycles. The van der Waals surface area contributed by atoms with Gasteiger partial charge in [0, 0.05) is 0 Å². The number of halogens is 2. The smallest absolute Gasteiger partial charge is 1.00 e. The molecule has 0 spiro atoms. The molecule has 0 amide bonds. The molecular formula is C26H42Cl2Zr. The van der Waals surface area contributed by atoms with Crippen LogP contribution in [0.4, 0.5) is 0 Å². The topological polar surface area (TPSA) is 0 Å². The molecule has 0 fully saturated rings. The Kier molecular flexibility index (Phi) is 17.0. The van der Waals surface area contributed by atoms with Crippen LogP contribution in [-0.2, 0) is 26.2 Å². The second-order valence-corrected chi connectivity index (χ2v) is 8.80. The molecule has 0 bridgehead atoms. The van der Waals surface area contributed by atoms with Crippen LogP contribution in [-0.4, -0.2) is 0 Å². The van der Waals surface area contributed by atoms with Crippen molar-refractivity contribution in [2.75, 3.05) is 0 Å². The maximum atomic E-state index is 3.54. The van der Waals surface area contributed by atoms with E-state index in [4.69, 9.17) is 0 Å². The van der Waals surface area contributed by atoms with Crippen LogP contribution in [0.15, 0.2) is 33.4 Å². The standard InChI is InChI=1S/2C13H21.2ClH.Zr/c2*1-6-13(5,7-2)12-9-8-10(3)11(12)4;;;/h2*6-8H2,1-5H3;2*1H;/q2*-1;;;+4/p-2. The molecule has 2 aliphatic rings. The molecule has 29 heavy (non-hydrogen) atoms. The van der Waals surface area contributed by atoms with Crippen molar-refractivity contribution in [3.8, 4) is 0 Å². The molecule has 3 heteroatoms. The van der Waals surface area contributed by atoms with Crippen molar-refractivity contribution >= 4 is 0 Å². The summed E-state index contributed by atoms with van der Waals surface area (Å²) in [6.45, 7) is 22.8. The molecule has 0 N–H and O–H groups in total. The maximum Gasteiger partial charge on any atom is 4.00 e. The second kappa shape index (κ2) is 14.5. The van der Waals surface area contributed by atoms with Crippen LogP contribution in [0.1, 0.15) is 108 Å². The van der Waals surface area contributed by atoms with E-state index in [0.29, 0.717) is 10.8 Å². The molecule has 0 radical (unpaired) electrons. The third-order valence-corrected chi connectivity index (χ3v) is 7.42. The maximum absolute atomic E-state index is 3.54. The van der Waals surface area contributed by atoms with Crippen LogP contribution in [0.2, 0.25) is 0 Å². The van der Waals surface area contributed by atoms with Crippen molar-refractivity contribution in [3.05, 3.63) is 45.6 Å². The first-order valence-electron chi connectivity index (χ1n) is 10.7. The average Bonchev–Trinajstić information content (AvgIpc) is 3.17. The predicted molar refractivity (Wildman–Crippen MR) is 117 cm³/mol. The Morgan fingerprint density at radius 1 is 0.621 bits per heavy atom. The summed E-state index contributed by atoms with van der Waals surface area (Å²) >= 11 is 0. The molecule has 2 rings (SSSR count). The molecule has 0 unspecified atom stereocenters. The number of hydrogen-bond donors (Lipinski definition) is 0. The number of rotatable bonds is 6. The average molecular weight is 517 g/mol. The molecular weight excluding hydrogens is 474 g/mol. The van der Waals surface area contributed by atoms with Gasteiger partial charge in [0.2, 0.25) is 0 Å².